The maximum absolute atomic E-state index is 4.74. The molecule has 0 bridgehead atoms. The molecule has 0 aliphatic heterocycles. The minimum atomic E-state index is 0. The van der Waals surface area contributed by atoms with E-state index in [1.165, 1.54) is 4.88 Å². The first-order chi connectivity index (χ1) is 13.7. The average molecular weight is 525 g/mol. The highest BCUT2D eigenvalue weighted by atomic mass is 127. The van der Waals surface area contributed by atoms with E-state index in [1.54, 1.807) is 17.7 Å². The Kier molecular flexibility index (Phi) is 9.52. The van der Waals surface area contributed by atoms with Gasteiger partial charge in [0, 0.05) is 36.5 Å². The summed E-state index contributed by atoms with van der Waals surface area (Å²) in [6.45, 7) is 9.19. The molecule has 0 unspecified atom stereocenters. The average Bonchev–Trinajstić information content (AvgIpc) is 3.33. The van der Waals surface area contributed by atoms with Gasteiger partial charge in [-0.25, -0.2) is 9.98 Å². The van der Waals surface area contributed by atoms with Gasteiger partial charge in [-0.15, -0.1) is 45.5 Å². The number of nitrogens with zero attached hydrogens (tertiary/aromatic N) is 5. The van der Waals surface area contributed by atoms with E-state index in [0.717, 1.165) is 54.1 Å². The van der Waals surface area contributed by atoms with E-state index in [0.29, 0.717) is 6.54 Å². The van der Waals surface area contributed by atoms with E-state index >= 15 is 0 Å². The van der Waals surface area contributed by atoms with Crippen LogP contribution in [0.3, 0.4) is 0 Å². The third-order valence-electron chi connectivity index (χ3n) is 4.30. The molecule has 7 nitrogen and oxygen atoms in total. The number of hydrogen-bond acceptors (Lipinski definition) is 5. The normalized spacial score (nSPS) is 11.2. The lowest BCUT2D eigenvalue weighted by atomic mass is 10.2. The molecule has 3 aromatic rings. The second kappa shape index (κ2) is 11.9. The molecule has 29 heavy (non-hydrogen) atoms. The summed E-state index contributed by atoms with van der Waals surface area (Å²) in [5, 5.41) is 15.8. The van der Waals surface area contributed by atoms with E-state index in [-0.39, 0.29) is 24.0 Å². The standard InChI is InChI=1S/C20H27N7S.HI/c1-4-18-26-24-14-27(18)12-11-22-20(21-5-2)23-13-17-15(3)25-19(28-17)16-9-7-6-8-10-16;/h6-10,14H,4-5,11-13H2,1-3H3,(H2,21,22,23);1H. The van der Waals surface area contributed by atoms with E-state index in [4.69, 9.17) is 9.98 Å². The molecular formula is C20H28IN7S. The smallest absolute Gasteiger partial charge is 0.191 e. The molecule has 0 spiro atoms. The number of rotatable bonds is 8. The maximum atomic E-state index is 4.74. The highest BCUT2D eigenvalue weighted by Gasteiger charge is 2.09. The van der Waals surface area contributed by atoms with Gasteiger partial charge in [0.2, 0.25) is 0 Å². The van der Waals surface area contributed by atoms with Crippen LogP contribution in [0.5, 0.6) is 0 Å². The first kappa shape index (κ1) is 23.3. The minimum absolute atomic E-state index is 0. The number of benzene rings is 1. The fraction of sp³-hybridized carbons (Fsp3) is 0.400. The molecule has 0 saturated carbocycles. The van der Waals surface area contributed by atoms with Crippen molar-refractivity contribution in [1.82, 2.24) is 30.4 Å². The lowest BCUT2D eigenvalue weighted by Crippen LogP contribution is -2.38. The molecule has 0 aliphatic rings. The lowest BCUT2D eigenvalue weighted by molar-refractivity contribution is 0.632. The van der Waals surface area contributed by atoms with Gasteiger partial charge in [-0.2, -0.15) is 0 Å². The van der Waals surface area contributed by atoms with Crippen LogP contribution in [0.4, 0.5) is 0 Å². The minimum Gasteiger partial charge on any atom is -0.357 e. The van der Waals surface area contributed by atoms with Crippen molar-refractivity contribution in [3.05, 3.63) is 53.1 Å². The van der Waals surface area contributed by atoms with Crippen LogP contribution in [-0.4, -0.2) is 38.8 Å². The molecule has 0 fully saturated rings. The Morgan fingerprint density at radius 2 is 1.97 bits per heavy atom. The number of aryl methyl sites for hydroxylation is 2. The Bertz CT molecular complexity index is 905. The molecular weight excluding hydrogens is 497 g/mol. The maximum Gasteiger partial charge on any atom is 0.191 e. The summed E-state index contributed by atoms with van der Waals surface area (Å²) in [6.07, 6.45) is 2.65. The van der Waals surface area contributed by atoms with E-state index in [1.807, 2.05) is 25.1 Å². The zero-order valence-electron chi connectivity index (χ0n) is 17.1. The van der Waals surface area contributed by atoms with Crippen molar-refractivity contribution in [2.45, 2.75) is 40.3 Å². The third-order valence-corrected chi connectivity index (χ3v) is 5.49. The Balaban J connectivity index is 0.00000300. The molecule has 2 aromatic heterocycles. The largest absolute Gasteiger partial charge is 0.357 e. The van der Waals surface area contributed by atoms with Crippen LogP contribution < -0.4 is 10.6 Å². The van der Waals surface area contributed by atoms with Crippen LogP contribution in [0.2, 0.25) is 0 Å². The van der Waals surface area contributed by atoms with Crippen molar-refractivity contribution in [2.75, 3.05) is 13.1 Å². The Hall–Kier alpha value is -2.01. The van der Waals surface area contributed by atoms with Gasteiger partial charge in [0.15, 0.2) is 5.96 Å². The summed E-state index contributed by atoms with van der Waals surface area (Å²) in [6, 6.07) is 10.3. The molecule has 0 atom stereocenters. The van der Waals surface area contributed by atoms with Gasteiger partial charge in [-0.1, -0.05) is 37.3 Å². The zero-order valence-corrected chi connectivity index (χ0v) is 20.2. The van der Waals surface area contributed by atoms with Crippen molar-refractivity contribution < 1.29 is 0 Å². The van der Waals surface area contributed by atoms with Crippen molar-refractivity contribution in [3.63, 3.8) is 0 Å². The van der Waals surface area contributed by atoms with Gasteiger partial charge >= 0.3 is 0 Å². The molecule has 0 radical (unpaired) electrons. The molecule has 156 valence electrons. The second-order valence-electron chi connectivity index (χ2n) is 6.31. The molecule has 1 aromatic carbocycles. The number of halogens is 1. The summed E-state index contributed by atoms with van der Waals surface area (Å²) < 4.78 is 2.07. The SMILES string of the molecule is CCNC(=NCc1sc(-c2ccccc2)nc1C)NCCn1cnnc1CC.I. The van der Waals surface area contributed by atoms with Crippen molar-refractivity contribution in [3.8, 4) is 10.6 Å². The first-order valence-corrected chi connectivity index (χ1v) is 10.4. The van der Waals surface area contributed by atoms with E-state index < -0.39 is 0 Å². The van der Waals surface area contributed by atoms with Gasteiger partial charge in [0.1, 0.15) is 17.2 Å². The van der Waals surface area contributed by atoms with Crippen LogP contribution in [0, 0.1) is 6.92 Å². The molecule has 0 saturated heterocycles. The number of nitrogens with one attached hydrogen (secondary N) is 2. The van der Waals surface area contributed by atoms with Gasteiger partial charge in [0.25, 0.3) is 0 Å². The first-order valence-electron chi connectivity index (χ1n) is 9.61. The molecule has 9 heteroatoms. The van der Waals surface area contributed by atoms with Crippen LogP contribution >= 0.6 is 35.3 Å². The van der Waals surface area contributed by atoms with E-state index in [9.17, 15) is 0 Å². The fourth-order valence-corrected chi connectivity index (χ4v) is 3.80. The summed E-state index contributed by atoms with van der Waals surface area (Å²) in [5.41, 5.74) is 2.19. The molecule has 0 amide bonds. The summed E-state index contributed by atoms with van der Waals surface area (Å²) >= 11 is 1.71. The quantitative estimate of drug-likeness (QED) is 0.267. The Morgan fingerprint density at radius 1 is 1.17 bits per heavy atom. The summed E-state index contributed by atoms with van der Waals surface area (Å²) in [4.78, 5) is 10.6. The summed E-state index contributed by atoms with van der Waals surface area (Å²) in [5.74, 6) is 1.81. The second-order valence-corrected chi connectivity index (χ2v) is 7.39. The summed E-state index contributed by atoms with van der Waals surface area (Å²) in [7, 11) is 0. The number of hydrogen-bond donors (Lipinski definition) is 2. The molecule has 0 aliphatic carbocycles. The number of guanidine groups is 1. The van der Waals surface area contributed by atoms with Crippen molar-refractivity contribution in [2.24, 2.45) is 4.99 Å². The third kappa shape index (κ3) is 6.49. The van der Waals surface area contributed by atoms with Crippen LogP contribution in [-0.2, 0) is 19.5 Å². The van der Waals surface area contributed by atoms with Crippen LogP contribution in [0.15, 0.2) is 41.7 Å². The number of thiazole rings is 1. The zero-order chi connectivity index (χ0) is 19.8. The van der Waals surface area contributed by atoms with Crippen LogP contribution in [0.1, 0.15) is 30.2 Å². The van der Waals surface area contributed by atoms with Crippen molar-refractivity contribution in [1.29, 1.82) is 0 Å². The topological polar surface area (TPSA) is 80.0 Å². The van der Waals surface area contributed by atoms with Crippen molar-refractivity contribution >= 4 is 41.3 Å². The van der Waals surface area contributed by atoms with Gasteiger partial charge in [0.05, 0.1) is 12.2 Å². The van der Waals surface area contributed by atoms with Gasteiger partial charge < -0.3 is 15.2 Å². The Morgan fingerprint density at radius 3 is 2.69 bits per heavy atom. The fourth-order valence-electron chi connectivity index (χ4n) is 2.81. The monoisotopic (exact) mass is 525 g/mol. The molecule has 2 heterocycles. The highest BCUT2D eigenvalue weighted by Crippen LogP contribution is 2.28. The predicted molar refractivity (Wildman–Crippen MR) is 130 cm³/mol. The van der Waals surface area contributed by atoms with Crippen LogP contribution in [0.25, 0.3) is 10.6 Å². The lowest BCUT2D eigenvalue weighted by Gasteiger charge is -2.12. The predicted octanol–water partition coefficient (Wildman–Crippen LogP) is 3.65. The van der Waals surface area contributed by atoms with Gasteiger partial charge in [-0.05, 0) is 13.8 Å². The van der Waals surface area contributed by atoms with Gasteiger partial charge in [-0.3, -0.25) is 0 Å². The molecule has 2 N–H and O–H groups in total. The number of aliphatic imine (C=N–C) groups is 1. The molecule has 3 rings (SSSR count). The Labute approximate surface area is 193 Å². The number of aromatic nitrogens is 4. The van der Waals surface area contributed by atoms with E-state index in [2.05, 4.69) is 51.4 Å². The highest BCUT2D eigenvalue weighted by molar-refractivity contribution is 14.0.